The molecule has 0 spiro atoms. The third kappa shape index (κ3) is 23.9. The van der Waals surface area contributed by atoms with Crippen molar-refractivity contribution in [1.29, 1.82) is 0 Å². The summed E-state index contributed by atoms with van der Waals surface area (Å²) in [5.41, 5.74) is 14.6. The number of hydrogen-bond donors (Lipinski definition) is 6. The van der Waals surface area contributed by atoms with Crippen molar-refractivity contribution in [2.75, 3.05) is 169 Å². The van der Waals surface area contributed by atoms with Gasteiger partial charge in [0.15, 0.2) is 0 Å². The average Bonchev–Trinajstić information content (AvgIpc) is 3.93. The number of benzene rings is 1. The molecule has 0 atom stereocenters. The molecular weight excluding hydrogens is 897 g/mol. The molecule has 4 rings (SSSR count). The molecule has 0 saturated heterocycles. The van der Waals surface area contributed by atoms with E-state index in [0.29, 0.717) is 175 Å². The number of aliphatic carboxylic acids is 1. The maximum atomic E-state index is 12.8. The number of carbonyl (C=O) groups excluding carboxylic acids is 2. The molecule has 382 valence electrons. The van der Waals surface area contributed by atoms with Crippen molar-refractivity contribution in [3.05, 3.63) is 52.9 Å². The predicted octanol–water partition coefficient (Wildman–Crippen LogP) is -0.164. The van der Waals surface area contributed by atoms with Crippen molar-refractivity contribution >= 4 is 29.4 Å². The molecule has 0 radical (unpaired) electrons. The molecule has 0 aliphatic carbocycles. The van der Waals surface area contributed by atoms with Crippen molar-refractivity contribution in [3.8, 4) is 6.01 Å². The second kappa shape index (κ2) is 35.3. The molecule has 0 bridgehead atoms. The second-order valence-corrected chi connectivity index (χ2v) is 14.8. The number of hydrazine groups is 2. The number of carbonyl (C=O) groups is 3. The first-order valence-corrected chi connectivity index (χ1v) is 22.9. The number of amides is 2. The Hall–Kier alpha value is -4.83. The molecular formula is C44H70N8O16. The fraction of sp³-hybridized carbons (Fsp3) is 0.659. The number of fused-ring (bicyclic) bond motifs is 1. The Morgan fingerprint density at radius 1 is 0.691 bits per heavy atom. The summed E-state index contributed by atoms with van der Waals surface area (Å²) in [5, 5.41) is 22.4. The molecule has 24 nitrogen and oxygen atoms in total. The molecule has 2 amide bonds. The number of aromatic nitrogens is 2. The number of carboxylic acid groups (broad SMARTS) is 1. The van der Waals surface area contributed by atoms with Crippen LogP contribution in [0, 0.1) is 0 Å². The summed E-state index contributed by atoms with van der Waals surface area (Å²) in [6.07, 6.45) is 2.86. The smallest absolute Gasteiger partial charge is 0.320 e. The van der Waals surface area contributed by atoms with Gasteiger partial charge in [0.05, 0.1) is 165 Å². The fourth-order valence-corrected chi connectivity index (χ4v) is 6.09. The number of hydrogen-bond acceptors (Lipinski definition) is 21. The number of ether oxygens (including phenoxy) is 11. The van der Waals surface area contributed by atoms with Gasteiger partial charge in [-0.05, 0) is 17.7 Å². The number of allylic oxidation sites excluding steroid dienone is 1. The van der Waals surface area contributed by atoms with Gasteiger partial charge in [-0.15, -0.1) is 5.53 Å². The van der Waals surface area contributed by atoms with Crippen LogP contribution < -0.4 is 31.6 Å². The zero-order valence-electron chi connectivity index (χ0n) is 38.9. The van der Waals surface area contributed by atoms with E-state index in [-0.39, 0.29) is 56.2 Å². The fourth-order valence-electron chi connectivity index (χ4n) is 6.09. The topological polar surface area (TPSA) is 288 Å². The molecule has 0 fully saturated rings. The van der Waals surface area contributed by atoms with Gasteiger partial charge in [0.25, 0.3) is 5.91 Å². The van der Waals surface area contributed by atoms with Gasteiger partial charge in [0, 0.05) is 49.0 Å². The van der Waals surface area contributed by atoms with Gasteiger partial charge < -0.3 is 78.8 Å². The maximum absolute atomic E-state index is 12.8. The monoisotopic (exact) mass is 966 g/mol. The Morgan fingerprint density at radius 2 is 1.19 bits per heavy atom. The van der Waals surface area contributed by atoms with Gasteiger partial charge in [-0.1, -0.05) is 12.1 Å². The van der Waals surface area contributed by atoms with Crippen molar-refractivity contribution < 1.29 is 76.7 Å². The number of rotatable bonds is 43. The lowest BCUT2D eigenvalue weighted by Crippen LogP contribution is -2.38. The molecule has 7 N–H and O–H groups in total. The molecule has 68 heavy (non-hydrogen) atoms. The van der Waals surface area contributed by atoms with Crippen molar-refractivity contribution in [2.45, 2.75) is 32.2 Å². The third-order valence-electron chi connectivity index (χ3n) is 9.61. The molecule has 3 heterocycles. The van der Waals surface area contributed by atoms with E-state index in [1.165, 1.54) is 4.90 Å². The van der Waals surface area contributed by atoms with Crippen LogP contribution in [-0.4, -0.2) is 201 Å². The van der Waals surface area contributed by atoms with Crippen molar-refractivity contribution in [3.63, 3.8) is 0 Å². The summed E-state index contributed by atoms with van der Waals surface area (Å²) in [4.78, 5) is 46.1. The van der Waals surface area contributed by atoms with Crippen molar-refractivity contribution in [1.82, 2.24) is 31.3 Å². The summed E-state index contributed by atoms with van der Waals surface area (Å²) in [7, 11) is 0. The van der Waals surface area contributed by atoms with Crippen LogP contribution in [0.1, 0.15) is 40.7 Å². The molecule has 2 aliphatic heterocycles. The van der Waals surface area contributed by atoms with E-state index in [2.05, 4.69) is 26.2 Å². The normalized spacial score (nSPS) is 13.2. The first-order chi connectivity index (χ1) is 33.3. The average molecular weight is 967 g/mol. The van der Waals surface area contributed by atoms with Crippen LogP contribution >= 0.6 is 0 Å². The zero-order chi connectivity index (χ0) is 48.3. The van der Waals surface area contributed by atoms with E-state index < -0.39 is 5.97 Å². The van der Waals surface area contributed by atoms with Crippen LogP contribution in [0.25, 0.3) is 0 Å². The number of carboxylic acids is 1. The van der Waals surface area contributed by atoms with Crippen LogP contribution in [0.4, 0.5) is 11.6 Å². The lowest BCUT2D eigenvalue weighted by atomic mass is 10.1. The highest BCUT2D eigenvalue weighted by Crippen LogP contribution is 2.33. The van der Waals surface area contributed by atoms with Crippen molar-refractivity contribution in [2.24, 2.45) is 0 Å². The van der Waals surface area contributed by atoms with Crippen LogP contribution in [0.15, 0.2) is 36.2 Å². The highest BCUT2D eigenvalue weighted by molar-refractivity contribution is 6.01. The van der Waals surface area contributed by atoms with Crippen LogP contribution in [0.5, 0.6) is 6.01 Å². The standard InChI is InChI=1S/C44H70N8O16/c45-41-38-32-39(54)52(42(38)48-44(47-41)68-11-1-10-53)33-35-2-4-36(5-3-35)43(57)46-8-12-58-14-16-60-18-20-62-22-24-64-26-28-66-30-31-67-29-27-65-25-23-63-21-19-61-17-15-59-13-9-51-34-37(49-50-51)6-7-40(55)56/h2-5,34,49-50,53H,1,6-33H2,(H,46,57)(H,55,56)(H2,45,47,48). The third-order valence-corrected chi connectivity index (χ3v) is 9.61. The van der Waals surface area contributed by atoms with Gasteiger partial charge in [-0.2, -0.15) is 9.97 Å². The molecule has 0 unspecified atom stereocenters. The molecule has 24 heteroatoms. The highest BCUT2D eigenvalue weighted by atomic mass is 16.6. The van der Waals surface area contributed by atoms with Gasteiger partial charge >= 0.3 is 12.0 Å². The largest absolute Gasteiger partial charge is 0.481 e. The minimum absolute atomic E-state index is 0.0317. The van der Waals surface area contributed by atoms with E-state index in [1.54, 1.807) is 24.3 Å². The van der Waals surface area contributed by atoms with E-state index in [4.69, 9.17) is 68.1 Å². The lowest BCUT2D eigenvalue weighted by molar-refractivity contribution is -0.137. The number of nitrogens with zero attached hydrogens (tertiary/aromatic N) is 4. The first-order valence-electron chi connectivity index (χ1n) is 22.9. The number of nitrogens with two attached hydrogens (primary N) is 1. The Balaban J connectivity index is 0.823. The Bertz CT molecular complexity index is 1750. The summed E-state index contributed by atoms with van der Waals surface area (Å²) < 4.78 is 60.6. The first kappa shape index (κ1) is 55.8. The molecule has 1 aromatic carbocycles. The number of nitrogen functional groups attached to an aromatic ring is 1. The zero-order valence-corrected chi connectivity index (χ0v) is 38.9. The molecule has 2 aliphatic rings. The quantitative estimate of drug-likeness (QED) is 0.0471. The van der Waals surface area contributed by atoms with Crippen LogP contribution in [0.3, 0.4) is 0 Å². The summed E-state index contributed by atoms with van der Waals surface area (Å²) in [5.74, 6) is -0.656. The van der Waals surface area contributed by atoms with Gasteiger partial charge in [0.1, 0.15) is 11.6 Å². The minimum atomic E-state index is -0.828. The maximum Gasteiger partial charge on any atom is 0.320 e. The second-order valence-electron chi connectivity index (χ2n) is 14.8. The molecule has 2 aromatic rings. The Labute approximate surface area is 396 Å². The number of aliphatic hydroxyl groups excluding tert-OH is 1. The Kier molecular flexibility index (Phi) is 29.0. The minimum Gasteiger partial charge on any atom is -0.481 e. The number of nitrogens with one attached hydrogen (secondary N) is 3. The van der Waals surface area contributed by atoms with E-state index in [0.717, 1.165) is 11.3 Å². The SMILES string of the molecule is Nc1nc(OCCCO)nc2c1CC(=O)N2Cc1ccc(C(=O)NCCOCCOCCOCCOCCOCCOCCOCCOCCOCCOCCN2C=C(CCC(=O)O)NN2)cc1. The number of anilines is 2. The predicted molar refractivity (Wildman–Crippen MR) is 243 cm³/mol. The summed E-state index contributed by atoms with van der Waals surface area (Å²) in [6.45, 7) is 10.3. The van der Waals surface area contributed by atoms with Crippen LogP contribution in [-0.2, 0) is 69.9 Å². The van der Waals surface area contributed by atoms with Gasteiger partial charge in [0.2, 0.25) is 5.91 Å². The van der Waals surface area contributed by atoms with Gasteiger partial charge in [-0.25, -0.2) is 0 Å². The number of aliphatic hydroxyl groups is 1. The summed E-state index contributed by atoms with van der Waals surface area (Å²) >= 11 is 0. The lowest BCUT2D eigenvalue weighted by Gasteiger charge is -2.17. The van der Waals surface area contributed by atoms with E-state index in [1.807, 2.05) is 11.2 Å². The summed E-state index contributed by atoms with van der Waals surface area (Å²) in [6, 6.07) is 7.00. The molecule has 0 saturated carbocycles. The van der Waals surface area contributed by atoms with E-state index in [9.17, 15) is 14.4 Å². The van der Waals surface area contributed by atoms with E-state index >= 15 is 0 Å². The highest BCUT2D eigenvalue weighted by Gasteiger charge is 2.32. The Morgan fingerprint density at radius 3 is 1.69 bits per heavy atom. The molecule has 1 aromatic heterocycles. The van der Waals surface area contributed by atoms with Gasteiger partial charge in [-0.3, -0.25) is 24.3 Å². The van der Waals surface area contributed by atoms with Crippen LogP contribution in [0.2, 0.25) is 0 Å².